The van der Waals surface area contributed by atoms with Gasteiger partial charge in [0.25, 0.3) is 0 Å². The molecule has 2 N–H and O–H groups in total. The highest BCUT2D eigenvalue weighted by Gasteiger charge is 2.10. The summed E-state index contributed by atoms with van der Waals surface area (Å²) >= 11 is 0. The first kappa shape index (κ1) is 17.7. The number of hydrogen-bond acceptors (Lipinski definition) is 2. The van der Waals surface area contributed by atoms with E-state index in [1.54, 1.807) is 42.5 Å². The van der Waals surface area contributed by atoms with Crippen molar-refractivity contribution >= 4 is 24.3 Å². The zero-order valence-corrected chi connectivity index (χ0v) is 12.8. The topological polar surface area (TPSA) is 74.6 Å². The summed E-state index contributed by atoms with van der Waals surface area (Å²) in [5.74, 6) is -1.72. The van der Waals surface area contributed by atoms with Crippen LogP contribution in [0.2, 0.25) is 0 Å². The summed E-state index contributed by atoms with van der Waals surface area (Å²) in [4.78, 5) is 21.8. The molecule has 1 unspecified atom stereocenters. The van der Waals surface area contributed by atoms with Crippen LogP contribution in [0.4, 0.5) is 0 Å². The van der Waals surface area contributed by atoms with Gasteiger partial charge in [-0.2, -0.15) is 0 Å². The Morgan fingerprint density at radius 3 is 2.09 bits per heavy atom. The molecule has 0 saturated heterocycles. The first-order valence-corrected chi connectivity index (χ1v) is 6.63. The number of rotatable bonds is 5. The second-order valence-corrected chi connectivity index (χ2v) is 5.04. The standard InChI is InChI=1S/C17H16O4.ClH/c1-11(14-3-2-4-15(10-14)17(20)21)9-12-5-7-13(8-6-12)16(18)19;/h2-8,10-11H,9H2,1H3,(H,18,19)(H,20,21);1H. The van der Waals surface area contributed by atoms with Crippen molar-refractivity contribution < 1.29 is 19.8 Å². The first-order chi connectivity index (χ1) is 9.97. The van der Waals surface area contributed by atoms with Crippen molar-refractivity contribution in [1.29, 1.82) is 0 Å². The van der Waals surface area contributed by atoms with E-state index in [1.165, 1.54) is 0 Å². The monoisotopic (exact) mass is 320 g/mol. The number of benzene rings is 2. The maximum absolute atomic E-state index is 11.0. The van der Waals surface area contributed by atoms with Gasteiger partial charge in [0.2, 0.25) is 0 Å². The van der Waals surface area contributed by atoms with Crippen molar-refractivity contribution in [1.82, 2.24) is 0 Å². The van der Waals surface area contributed by atoms with Gasteiger partial charge in [-0.15, -0.1) is 12.4 Å². The number of halogens is 1. The van der Waals surface area contributed by atoms with Gasteiger partial charge in [0.05, 0.1) is 11.1 Å². The molecule has 0 aromatic heterocycles. The Kier molecular flexibility index (Phi) is 6.13. The smallest absolute Gasteiger partial charge is 0.335 e. The quantitative estimate of drug-likeness (QED) is 0.877. The molecule has 0 spiro atoms. The third-order valence-electron chi connectivity index (χ3n) is 3.45. The summed E-state index contributed by atoms with van der Waals surface area (Å²) in [5.41, 5.74) is 2.52. The zero-order valence-electron chi connectivity index (χ0n) is 12.0. The predicted octanol–water partition coefficient (Wildman–Crippen LogP) is 3.85. The molecule has 0 bridgehead atoms. The van der Waals surface area contributed by atoms with Crippen LogP contribution in [0.3, 0.4) is 0 Å². The maximum Gasteiger partial charge on any atom is 0.335 e. The molecule has 0 radical (unpaired) electrons. The molecule has 1 atom stereocenters. The second kappa shape index (κ2) is 7.61. The minimum atomic E-state index is -0.941. The fourth-order valence-corrected chi connectivity index (χ4v) is 2.23. The predicted molar refractivity (Wildman–Crippen MR) is 86.2 cm³/mol. The summed E-state index contributed by atoms with van der Waals surface area (Å²) in [6, 6.07) is 13.6. The molecule has 2 aromatic carbocycles. The van der Waals surface area contributed by atoms with Crippen LogP contribution in [0.25, 0.3) is 0 Å². The van der Waals surface area contributed by atoms with Crippen molar-refractivity contribution in [2.24, 2.45) is 0 Å². The minimum absolute atomic E-state index is 0. The zero-order chi connectivity index (χ0) is 15.4. The van der Waals surface area contributed by atoms with Gasteiger partial charge >= 0.3 is 11.9 Å². The molecule has 2 aromatic rings. The number of carbonyl (C=O) groups is 2. The van der Waals surface area contributed by atoms with E-state index in [-0.39, 0.29) is 29.5 Å². The molecule has 0 amide bonds. The van der Waals surface area contributed by atoms with Crippen molar-refractivity contribution in [3.63, 3.8) is 0 Å². The summed E-state index contributed by atoms with van der Waals surface area (Å²) in [6.07, 6.45) is 0.725. The van der Waals surface area contributed by atoms with E-state index in [0.717, 1.165) is 17.5 Å². The Morgan fingerprint density at radius 2 is 1.55 bits per heavy atom. The second-order valence-electron chi connectivity index (χ2n) is 5.04. The van der Waals surface area contributed by atoms with Gasteiger partial charge in [0.15, 0.2) is 0 Å². The van der Waals surface area contributed by atoms with Crippen LogP contribution in [-0.4, -0.2) is 22.2 Å². The van der Waals surface area contributed by atoms with Gasteiger partial charge in [-0.1, -0.05) is 31.2 Å². The number of hydrogen-bond donors (Lipinski definition) is 2. The fraction of sp³-hybridized carbons (Fsp3) is 0.176. The van der Waals surface area contributed by atoms with Crippen molar-refractivity contribution in [3.05, 3.63) is 70.8 Å². The summed E-state index contributed by atoms with van der Waals surface area (Å²) in [7, 11) is 0. The van der Waals surface area contributed by atoms with E-state index < -0.39 is 11.9 Å². The Hall–Kier alpha value is -2.33. The lowest BCUT2D eigenvalue weighted by atomic mass is 9.92. The van der Waals surface area contributed by atoms with Gasteiger partial charge in [-0.05, 0) is 47.7 Å². The van der Waals surface area contributed by atoms with Crippen LogP contribution >= 0.6 is 12.4 Å². The molecule has 2 rings (SSSR count). The molecule has 22 heavy (non-hydrogen) atoms. The van der Waals surface area contributed by atoms with Crippen LogP contribution in [-0.2, 0) is 6.42 Å². The first-order valence-electron chi connectivity index (χ1n) is 6.63. The molecule has 0 saturated carbocycles. The minimum Gasteiger partial charge on any atom is -0.478 e. The summed E-state index contributed by atoms with van der Waals surface area (Å²) in [6.45, 7) is 2.02. The molecule has 0 aliphatic rings. The van der Waals surface area contributed by atoms with Crippen molar-refractivity contribution in [3.8, 4) is 0 Å². The number of aromatic carboxylic acids is 2. The van der Waals surface area contributed by atoms with Crippen molar-refractivity contribution in [2.75, 3.05) is 0 Å². The van der Waals surface area contributed by atoms with Gasteiger partial charge in [-0.25, -0.2) is 9.59 Å². The van der Waals surface area contributed by atoms with Gasteiger partial charge in [-0.3, -0.25) is 0 Å². The SMILES string of the molecule is CC(Cc1ccc(C(=O)O)cc1)c1cccc(C(=O)O)c1.Cl. The highest BCUT2D eigenvalue weighted by molar-refractivity contribution is 5.88. The van der Waals surface area contributed by atoms with Crippen LogP contribution in [0, 0.1) is 0 Å². The van der Waals surface area contributed by atoms with Crippen LogP contribution in [0.1, 0.15) is 44.7 Å². The highest BCUT2D eigenvalue weighted by atomic mass is 35.5. The van der Waals surface area contributed by atoms with Crippen LogP contribution < -0.4 is 0 Å². The average Bonchev–Trinajstić information content (AvgIpc) is 2.48. The lowest BCUT2D eigenvalue weighted by Crippen LogP contribution is -2.03. The molecule has 0 fully saturated rings. The van der Waals surface area contributed by atoms with E-state index in [9.17, 15) is 9.59 Å². The molecule has 0 heterocycles. The van der Waals surface area contributed by atoms with E-state index in [1.807, 2.05) is 13.0 Å². The lowest BCUT2D eigenvalue weighted by molar-refractivity contribution is 0.0686. The van der Waals surface area contributed by atoms with Gasteiger partial charge < -0.3 is 10.2 Å². The number of carboxylic acids is 2. The lowest BCUT2D eigenvalue weighted by Gasteiger charge is -2.13. The molecule has 4 nitrogen and oxygen atoms in total. The molecule has 5 heteroatoms. The van der Waals surface area contributed by atoms with E-state index in [2.05, 4.69) is 0 Å². The van der Waals surface area contributed by atoms with E-state index >= 15 is 0 Å². The molecular weight excluding hydrogens is 304 g/mol. The summed E-state index contributed by atoms with van der Waals surface area (Å²) in [5, 5.41) is 17.9. The Bertz CT molecular complexity index is 665. The number of carboxylic acid groups (broad SMARTS) is 2. The van der Waals surface area contributed by atoms with E-state index in [4.69, 9.17) is 10.2 Å². The molecular formula is C17H17ClO4. The van der Waals surface area contributed by atoms with E-state index in [0.29, 0.717) is 0 Å². The fourth-order valence-electron chi connectivity index (χ4n) is 2.23. The Balaban J connectivity index is 0.00000242. The molecule has 116 valence electrons. The maximum atomic E-state index is 11.0. The molecule has 0 aliphatic heterocycles. The third-order valence-corrected chi connectivity index (χ3v) is 3.45. The summed E-state index contributed by atoms with van der Waals surface area (Å²) < 4.78 is 0. The third kappa shape index (κ3) is 4.33. The van der Waals surface area contributed by atoms with Crippen molar-refractivity contribution in [2.45, 2.75) is 19.3 Å². The largest absolute Gasteiger partial charge is 0.478 e. The van der Waals surface area contributed by atoms with Crippen LogP contribution in [0.15, 0.2) is 48.5 Å². The van der Waals surface area contributed by atoms with Gasteiger partial charge in [0, 0.05) is 0 Å². The Labute approximate surface area is 134 Å². The Morgan fingerprint density at radius 1 is 0.955 bits per heavy atom. The normalized spacial score (nSPS) is 11.3. The van der Waals surface area contributed by atoms with Gasteiger partial charge in [0.1, 0.15) is 0 Å². The van der Waals surface area contributed by atoms with Crippen LogP contribution in [0.5, 0.6) is 0 Å². The molecule has 0 aliphatic carbocycles. The highest BCUT2D eigenvalue weighted by Crippen LogP contribution is 2.21. The average molecular weight is 321 g/mol.